The highest BCUT2D eigenvalue weighted by Gasteiger charge is 2.49. The van der Waals surface area contributed by atoms with E-state index in [1.807, 2.05) is 24.3 Å². The second-order valence-electron chi connectivity index (χ2n) is 5.72. The number of carboxylic acids is 1. The number of aliphatic carboxylic acids is 1. The summed E-state index contributed by atoms with van der Waals surface area (Å²) >= 11 is 5.92. The molecule has 102 valence electrons. The van der Waals surface area contributed by atoms with E-state index in [-0.39, 0.29) is 17.9 Å². The number of nitrogens with zero attached hydrogens (tertiary/aromatic N) is 1. The molecule has 3 nitrogen and oxygen atoms in total. The van der Waals surface area contributed by atoms with Gasteiger partial charge in [0.25, 0.3) is 0 Å². The fourth-order valence-electron chi connectivity index (χ4n) is 3.86. The second kappa shape index (κ2) is 4.80. The van der Waals surface area contributed by atoms with Gasteiger partial charge in [0.2, 0.25) is 0 Å². The molecule has 0 saturated carbocycles. The predicted molar refractivity (Wildman–Crippen MR) is 74.5 cm³/mol. The zero-order chi connectivity index (χ0) is 13.6. The van der Waals surface area contributed by atoms with Crippen LogP contribution in [0, 0.1) is 5.92 Å². The third-order valence-corrected chi connectivity index (χ3v) is 5.10. The van der Waals surface area contributed by atoms with E-state index in [4.69, 9.17) is 11.6 Å². The van der Waals surface area contributed by atoms with Gasteiger partial charge in [0.15, 0.2) is 0 Å². The number of hydrogen-bond acceptors (Lipinski definition) is 2. The van der Waals surface area contributed by atoms with Crippen molar-refractivity contribution in [1.82, 2.24) is 4.90 Å². The Balaban J connectivity index is 1.95. The normalized spacial score (nSPS) is 34.4. The minimum Gasteiger partial charge on any atom is -0.481 e. The minimum absolute atomic E-state index is 0.114. The molecular formula is C15H18ClNO2. The molecule has 0 amide bonds. The van der Waals surface area contributed by atoms with Crippen molar-refractivity contribution < 1.29 is 9.90 Å². The van der Waals surface area contributed by atoms with Crippen molar-refractivity contribution in [2.45, 2.75) is 37.3 Å². The fraction of sp³-hybridized carbons (Fsp3) is 0.533. The molecule has 2 bridgehead atoms. The maximum Gasteiger partial charge on any atom is 0.308 e. The Morgan fingerprint density at radius 3 is 2.63 bits per heavy atom. The molecule has 0 aromatic heterocycles. The van der Waals surface area contributed by atoms with Crippen LogP contribution in [0.5, 0.6) is 0 Å². The van der Waals surface area contributed by atoms with Gasteiger partial charge < -0.3 is 5.11 Å². The molecule has 2 saturated heterocycles. The van der Waals surface area contributed by atoms with Gasteiger partial charge in [-0.05, 0) is 44.0 Å². The van der Waals surface area contributed by atoms with Crippen molar-refractivity contribution in [3.8, 4) is 0 Å². The predicted octanol–water partition coefficient (Wildman–Crippen LogP) is 2.99. The Morgan fingerprint density at radius 1 is 1.32 bits per heavy atom. The van der Waals surface area contributed by atoms with Gasteiger partial charge in [-0.1, -0.05) is 23.7 Å². The Bertz CT molecular complexity index is 487. The second-order valence-corrected chi connectivity index (χ2v) is 6.16. The highest BCUT2D eigenvalue weighted by atomic mass is 35.5. The molecule has 2 fully saturated rings. The molecule has 1 aromatic carbocycles. The zero-order valence-corrected chi connectivity index (χ0v) is 11.7. The number of carbonyl (C=O) groups is 1. The summed E-state index contributed by atoms with van der Waals surface area (Å²) in [7, 11) is 2.07. The first-order valence-corrected chi connectivity index (χ1v) is 7.16. The summed E-state index contributed by atoms with van der Waals surface area (Å²) in [5.41, 5.74) is 1.11. The number of halogens is 1. The monoisotopic (exact) mass is 279 g/mol. The summed E-state index contributed by atoms with van der Waals surface area (Å²) in [4.78, 5) is 14.0. The van der Waals surface area contributed by atoms with Gasteiger partial charge in [-0.2, -0.15) is 0 Å². The number of benzene rings is 1. The lowest BCUT2D eigenvalue weighted by Crippen LogP contribution is -2.48. The molecule has 19 heavy (non-hydrogen) atoms. The number of carboxylic acid groups (broad SMARTS) is 1. The van der Waals surface area contributed by atoms with Gasteiger partial charge in [0.05, 0.1) is 5.92 Å². The fourth-order valence-corrected chi connectivity index (χ4v) is 3.98. The van der Waals surface area contributed by atoms with Crippen LogP contribution < -0.4 is 0 Å². The largest absolute Gasteiger partial charge is 0.481 e. The average molecular weight is 280 g/mol. The highest BCUT2D eigenvalue weighted by Crippen LogP contribution is 2.46. The van der Waals surface area contributed by atoms with Crippen LogP contribution >= 0.6 is 11.6 Å². The molecule has 1 N–H and O–H groups in total. The SMILES string of the molecule is CN1[C@H]2CC[C@@H]1[C@H](C(=O)O)[C@@H](c1ccc(Cl)cc1)C2. The van der Waals surface area contributed by atoms with Crippen LogP contribution in [0.25, 0.3) is 0 Å². The van der Waals surface area contributed by atoms with Crippen LogP contribution in [0.15, 0.2) is 24.3 Å². The van der Waals surface area contributed by atoms with E-state index in [1.165, 1.54) is 0 Å². The molecule has 1 aromatic rings. The third-order valence-electron chi connectivity index (χ3n) is 4.85. The lowest BCUT2D eigenvalue weighted by molar-refractivity contribution is -0.146. The molecular weight excluding hydrogens is 262 g/mol. The van der Waals surface area contributed by atoms with Gasteiger partial charge in [-0.15, -0.1) is 0 Å². The summed E-state index contributed by atoms with van der Waals surface area (Å²) < 4.78 is 0. The molecule has 2 aliphatic heterocycles. The van der Waals surface area contributed by atoms with E-state index in [2.05, 4.69) is 11.9 Å². The summed E-state index contributed by atoms with van der Waals surface area (Å²) in [5, 5.41) is 10.3. The first-order valence-electron chi connectivity index (χ1n) is 6.78. The quantitative estimate of drug-likeness (QED) is 0.905. The highest BCUT2D eigenvalue weighted by molar-refractivity contribution is 6.30. The Hall–Kier alpha value is -1.06. The first-order chi connectivity index (χ1) is 9.08. The van der Waals surface area contributed by atoms with E-state index in [9.17, 15) is 9.90 Å². The third kappa shape index (κ3) is 2.15. The van der Waals surface area contributed by atoms with Crippen LogP contribution in [0.2, 0.25) is 5.02 Å². The van der Waals surface area contributed by atoms with Gasteiger partial charge in [0.1, 0.15) is 0 Å². The van der Waals surface area contributed by atoms with Crippen molar-refractivity contribution in [2.75, 3.05) is 7.05 Å². The number of hydrogen-bond donors (Lipinski definition) is 1. The molecule has 2 aliphatic rings. The van der Waals surface area contributed by atoms with Crippen LogP contribution in [0.1, 0.15) is 30.7 Å². The van der Waals surface area contributed by atoms with E-state index in [0.29, 0.717) is 11.1 Å². The van der Waals surface area contributed by atoms with E-state index >= 15 is 0 Å². The lowest BCUT2D eigenvalue weighted by atomic mass is 9.76. The summed E-state index contributed by atoms with van der Waals surface area (Å²) in [5.74, 6) is -0.856. The van der Waals surface area contributed by atoms with E-state index < -0.39 is 5.97 Å². The molecule has 4 heteroatoms. The standard InChI is InChI=1S/C15H18ClNO2/c1-17-11-6-7-13(17)14(15(18)19)12(8-11)9-2-4-10(16)5-3-9/h2-5,11-14H,6-8H2,1H3,(H,18,19)/t11-,12+,13+,14+/m0/s1. The maximum absolute atomic E-state index is 11.7. The molecule has 0 radical (unpaired) electrons. The van der Waals surface area contributed by atoms with Crippen LogP contribution in [0.4, 0.5) is 0 Å². The van der Waals surface area contributed by atoms with E-state index in [1.54, 1.807) is 0 Å². The van der Waals surface area contributed by atoms with E-state index in [0.717, 1.165) is 24.8 Å². The first kappa shape index (κ1) is 12.9. The Labute approximate surface area is 118 Å². The van der Waals surface area contributed by atoms with Crippen molar-refractivity contribution in [1.29, 1.82) is 0 Å². The molecule has 4 atom stereocenters. The Morgan fingerprint density at radius 2 is 2.00 bits per heavy atom. The number of rotatable bonds is 2. The molecule has 2 heterocycles. The number of fused-ring (bicyclic) bond motifs is 2. The van der Waals surface area contributed by atoms with Crippen molar-refractivity contribution in [3.05, 3.63) is 34.9 Å². The van der Waals surface area contributed by atoms with Gasteiger partial charge in [-0.25, -0.2) is 0 Å². The molecule has 0 aliphatic carbocycles. The van der Waals surface area contributed by atoms with Crippen molar-refractivity contribution in [3.63, 3.8) is 0 Å². The molecule has 0 spiro atoms. The minimum atomic E-state index is -0.669. The van der Waals surface area contributed by atoms with Crippen molar-refractivity contribution in [2.24, 2.45) is 5.92 Å². The molecule has 3 rings (SSSR count). The average Bonchev–Trinajstić information content (AvgIpc) is 2.63. The Kier molecular flexibility index (Phi) is 3.27. The van der Waals surface area contributed by atoms with Gasteiger partial charge in [0, 0.05) is 23.0 Å². The topological polar surface area (TPSA) is 40.5 Å². The van der Waals surface area contributed by atoms with Crippen LogP contribution in [-0.4, -0.2) is 35.1 Å². The lowest BCUT2D eigenvalue weighted by Gasteiger charge is -2.41. The zero-order valence-electron chi connectivity index (χ0n) is 10.9. The van der Waals surface area contributed by atoms with Crippen LogP contribution in [0.3, 0.4) is 0 Å². The van der Waals surface area contributed by atoms with Crippen LogP contribution in [-0.2, 0) is 4.79 Å². The molecule has 0 unspecified atom stereocenters. The smallest absolute Gasteiger partial charge is 0.308 e. The van der Waals surface area contributed by atoms with Crippen molar-refractivity contribution >= 4 is 17.6 Å². The summed E-state index contributed by atoms with van der Waals surface area (Å²) in [6.07, 6.45) is 3.06. The summed E-state index contributed by atoms with van der Waals surface area (Å²) in [6, 6.07) is 8.38. The van der Waals surface area contributed by atoms with Gasteiger partial charge >= 0.3 is 5.97 Å². The number of piperidine rings is 1. The summed E-state index contributed by atoms with van der Waals surface area (Å²) in [6.45, 7) is 0. The maximum atomic E-state index is 11.7. The van der Waals surface area contributed by atoms with Gasteiger partial charge in [-0.3, -0.25) is 9.69 Å².